The van der Waals surface area contributed by atoms with Crippen LogP contribution in [0.3, 0.4) is 0 Å². The fourth-order valence-corrected chi connectivity index (χ4v) is 4.59. The number of alkyl halides is 1. The molecule has 1 heterocycles. The van der Waals surface area contributed by atoms with Crippen LogP contribution in [-0.2, 0) is 23.9 Å². The van der Waals surface area contributed by atoms with Gasteiger partial charge in [-0.1, -0.05) is 38.2 Å². The minimum absolute atomic E-state index is 0.0205. The molecule has 1 aliphatic carbocycles. The molecule has 1 aliphatic heterocycles. The van der Waals surface area contributed by atoms with E-state index in [-0.39, 0.29) is 47.3 Å². The molecular formula is C29H40FN3O7. The maximum Gasteiger partial charge on any atom is 0.405 e. The molecule has 0 spiro atoms. The molecule has 2 amide bonds. The molecule has 2 rings (SSSR count). The third-order valence-corrected chi connectivity index (χ3v) is 6.89. The van der Waals surface area contributed by atoms with E-state index in [2.05, 4.69) is 10.6 Å². The molecular weight excluding hydrogens is 521 g/mol. The first-order valence-corrected chi connectivity index (χ1v) is 13.2. The number of nitrogens with one attached hydrogen (secondary N) is 2. The van der Waals surface area contributed by atoms with Gasteiger partial charge < -0.3 is 30.9 Å². The van der Waals surface area contributed by atoms with Gasteiger partial charge in [0.25, 0.3) is 5.91 Å². The molecule has 5 N–H and O–H groups in total. The number of primary amides is 1. The van der Waals surface area contributed by atoms with Crippen LogP contribution in [0.4, 0.5) is 9.18 Å². The number of fused-ring (bicyclic) bond motifs is 2. The Labute approximate surface area is 234 Å². The Hall–Kier alpha value is -3.57. The summed E-state index contributed by atoms with van der Waals surface area (Å²) in [4.78, 5) is 50.7. The highest BCUT2D eigenvalue weighted by molar-refractivity contribution is 6.23. The molecule has 2 aliphatic rings. The highest BCUT2D eigenvalue weighted by Gasteiger charge is 2.31. The molecule has 220 valence electrons. The number of amides is 2. The van der Waals surface area contributed by atoms with Gasteiger partial charge in [0.15, 0.2) is 6.10 Å². The van der Waals surface area contributed by atoms with Crippen molar-refractivity contribution in [3.8, 4) is 0 Å². The van der Waals surface area contributed by atoms with E-state index in [1.165, 1.54) is 26.2 Å². The second-order valence-electron chi connectivity index (χ2n) is 10.2. The Morgan fingerprint density at radius 2 is 1.93 bits per heavy atom. The lowest BCUT2D eigenvalue weighted by Gasteiger charge is -2.26. The Kier molecular flexibility index (Phi) is 12.5. The number of carbonyl (C=O) groups is 4. The molecule has 11 heteroatoms. The fourth-order valence-electron chi connectivity index (χ4n) is 4.59. The van der Waals surface area contributed by atoms with E-state index < -0.39 is 48.6 Å². The zero-order chi connectivity index (χ0) is 30.0. The van der Waals surface area contributed by atoms with Gasteiger partial charge >= 0.3 is 6.09 Å². The number of ether oxygens (including phenoxy) is 2. The molecule has 0 aromatic heterocycles. The zero-order valence-electron chi connectivity index (χ0n) is 23.7. The molecule has 10 nitrogen and oxygen atoms in total. The lowest BCUT2D eigenvalue weighted by molar-refractivity contribution is -0.120. The van der Waals surface area contributed by atoms with Crippen molar-refractivity contribution in [3.05, 3.63) is 58.5 Å². The van der Waals surface area contributed by atoms with Crippen LogP contribution in [0.25, 0.3) is 0 Å². The average molecular weight is 562 g/mol. The van der Waals surface area contributed by atoms with E-state index in [0.717, 1.165) is 6.08 Å². The topological polar surface area (TPSA) is 157 Å². The average Bonchev–Trinajstić information content (AvgIpc) is 2.90. The number of allylic oxidation sites excluding steroid dienone is 4. The van der Waals surface area contributed by atoms with Gasteiger partial charge in [0, 0.05) is 36.8 Å². The van der Waals surface area contributed by atoms with Crippen LogP contribution in [0, 0.1) is 11.8 Å². The van der Waals surface area contributed by atoms with Crippen LogP contribution in [0.1, 0.15) is 47.0 Å². The Morgan fingerprint density at radius 3 is 2.55 bits per heavy atom. The molecule has 2 bridgehead atoms. The van der Waals surface area contributed by atoms with Gasteiger partial charge in [0.2, 0.25) is 11.6 Å². The number of Topliss-reactive ketones (excluding diaryl/α,β-unsaturated/α-hetero) is 1. The maximum absolute atomic E-state index is 13.4. The second kappa shape index (κ2) is 15.3. The first-order valence-electron chi connectivity index (χ1n) is 13.2. The van der Waals surface area contributed by atoms with Crippen molar-refractivity contribution >= 4 is 23.6 Å². The number of rotatable bonds is 5. The van der Waals surface area contributed by atoms with Gasteiger partial charge in [-0.2, -0.15) is 0 Å². The molecule has 0 radical (unpaired) electrons. The number of hydrogen-bond acceptors (Lipinski definition) is 8. The number of methoxy groups -OCH3 is 1. The SMILES string of the molecule is CO[C@H]1/C=C\C=C(/C)C(=O)NC2=CC(=O)C(NCCF)=C(C[C@@H](C)CC[C@H](O)[C@@H](C)/C=C(\C)[C@@H]1OC(N)=O)C2=O. The van der Waals surface area contributed by atoms with Crippen LogP contribution in [-0.4, -0.2) is 67.3 Å². The highest BCUT2D eigenvalue weighted by Crippen LogP contribution is 2.27. The molecule has 0 fully saturated rings. The molecule has 0 saturated carbocycles. The molecule has 0 aromatic carbocycles. The van der Waals surface area contributed by atoms with Crippen molar-refractivity contribution in [1.29, 1.82) is 0 Å². The maximum atomic E-state index is 13.4. The standard InChI is InChI=1S/C29H40FN3O7/c1-16-9-10-22(34)18(3)14-19(4)27(40-29(31)38)24(39-5)8-6-7-17(2)28(37)33-21-15-23(35)25(32-12-11-30)20(13-16)26(21)36/h6-8,14-16,18,22,24,27,32,34H,9-13H2,1-5H3,(H2,31,38)(H,33,37)/b8-6-,17-7+,19-14+/t16-,18-,22-,24-,27-/m0/s1. The third-order valence-electron chi connectivity index (χ3n) is 6.89. The number of aliphatic hydroxyl groups is 1. The van der Waals surface area contributed by atoms with E-state index in [1.807, 2.05) is 13.8 Å². The highest BCUT2D eigenvalue weighted by atomic mass is 19.1. The summed E-state index contributed by atoms with van der Waals surface area (Å²) in [5.74, 6) is -2.12. The van der Waals surface area contributed by atoms with Gasteiger partial charge in [-0.3, -0.25) is 14.4 Å². The first-order chi connectivity index (χ1) is 18.9. The summed E-state index contributed by atoms with van der Waals surface area (Å²) in [5, 5.41) is 16.1. The van der Waals surface area contributed by atoms with Crippen LogP contribution < -0.4 is 16.4 Å². The lowest BCUT2D eigenvalue weighted by Crippen LogP contribution is -2.36. The van der Waals surface area contributed by atoms with Crippen LogP contribution in [0.2, 0.25) is 0 Å². The summed E-state index contributed by atoms with van der Waals surface area (Å²) in [6, 6.07) is 0. The van der Waals surface area contributed by atoms with E-state index in [4.69, 9.17) is 15.2 Å². The monoisotopic (exact) mass is 561 g/mol. The van der Waals surface area contributed by atoms with Gasteiger partial charge in [-0.05, 0) is 44.6 Å². The number of hydrogen-bond donors (Lipinski definition) is 4. The van der Waals surface area contributed by atoms with Gasteiger partial charge in [-0.25, -0.2) is 9.18 Å². The minimum Gasteiger partial charge on any atom is -0.439 e. The van der Waals surface area contributed by atoms with Crippen molar-refractivity contribution < 1.29 is 38.1 Å². The quantitative estimate of drug-likeness (QED) is 0.295. The predicted octanol–water partition coefficient (Wildman–Crippen LogP) is 2.70. The number of halogens is 1. The number of nitrogens with two attached hydrogens (primary N) is 1. The Morgan fingerprint density at radius 1 is 1.23 bits per heavy atom. The summed E-state index contributed by atoms with van der Waals surface area (Å²) in [7, 11) is 1.43. The number of aliphatic hydroxyl groups excluding tert-OH is 1. The van der Waals surface area contributed by atoms with E-state index >= 15 is 0 Å². The van der Waals surface area contributed by atoms with Crippen LogP contribution >= 0.6 is 0 Å². The molecule has 40 heavy (non-hydrogen) atoms. The van der Waals surface area contributed by atoms with Crippen molar-refractivity contribution in [3.63, 3.8) is 0 Å². The van der Waals surface area contributed by atoms with Crippen LogP contribution in [0.5, 0.6) is 0 Å². The second-order valence-corrected chi connectivity index (χ2v) is 10.2. The van der Waals surface area contributed by atoms with Gasteiger partial charge in [-0.15, -0.1) is 0 Å². The molecule has 0 unspecified atom stereocenters. The summed E-state index contributed by atoms with van der Waals surface area (Å²) in [6.45, 7) is 6.11. The third kappa shape index (κ3) is 8.99. The van der Waals surface area contributed by atoms with Crippen molar-refractivity contribution in [2.45, 2.75) is 65.3 Å². The summed E-state index contributed by atoms with van der Waals surface area (Å²) in [6.07, 6.45) is 5.10. The van der Waals surface area contributed by atoms with Crippen molar-refractivity contribution in [1.82, 2.24) is 10.6 Å². The Balaban J connectivity index is 2.52. The number of ketones is 2. The molecule has 0 saturated heterocycles. The van der Waals surface area contributed by atoms with E-state index in [9.17, 15) is 28.7 Å². The summed E-state index contributed by atoms with van der Waals surface area (Å²) >= 11 is 0. The molecule has 5 atom stereocenters. The lowest BCUT2D eigenvalue weighted by atomic mass is 9.86. The predicted molar refractivity (Wildman–Crippen MR) is 147 cm³/mol. The Bertz CT molecular complexity index is 1140. The van der Waals surface area contributed by atoms with Crippen molar-refractivity contribution in [2.24, 2.45) is 17.6 Å². The summed E-state index contributed by atoms with van der Waals surface area (Å²) in [5.41, 5.74) is 6.15. The normalized spacial score (nSPS) is 30.8. The summed E-state index contributed by atoms with van der Waals surface area (Å²) < 4.78 is 23.7. The fraction of sp³-hybridized carbons (Fsp3) is 0.517. The van der Waals surface area contributed by atoms with E-state index in [1.54, 1.807) is 19.1 Å². The largest absolute Gasteiger partial charge is 0.439 e. The first kappa shape index (κ1) is 32.6. The van der Waals surface area contributed by atoms with E-state index in [0.29, 0.717) is 18.4 Å². The smallest absolute Gasteiger partial charge is 0.405 e. The van der Waals surface area contributed by atoms with Gasteiger partial charge in [0.1, 0.15) is 12.8 Å². The van der Waals surface area contributed by atoms with Crippen LogP contribution in [0.15, 0.2) is 58.5 Å². The molecule has 0 aromatic rings. The minimum atomic E-state index is -0.993. The van der Waals surface area contributed by atoms with Gasteiger partial charge in [0.05, 0.1) is 17.5 Å². The van der Waals surface area contributed by atoms with Crippen molar-refractivity contribution in [2.75, 3.05) is 20.3 Å². The zero-order valence-corrected chi connectivity index (χ0v) is 23.7. The number of carbonyl (C=O) groups excluding carboxylic acids is 4.